The summed E-state index contributed by atoms with van der Waals surface area (Å²) in [5, 5.41) is 6.61. The zero-order valence-electron chi connectivity index (χ0n) is 12.5. The molecule has 2 rings (SSSR count). The zero-order valence-corrected chi connectivity index (χ0v) is 14.2. The number of rotatable bonds is 3. The lowest BCUT2D eigenvalue weighted by Gasteiger charge is -2.34. The van der Waals surface area contributed by atoms with E-state index in [1.807, 2.05) is 35.9 Å². The van der Waals surface area contributed by atoms with Gasteiger partial charge in [-0.25, -0.2) is 9.78 Å². The largest absolute Gasteiger partial charge is 0.329 e. The molecule has 6 heteroatoms. The van der Waals surface area contributed by atoms with Gasteiger partial charge >= 0.3 is 6.03 Å². The lowest BCUT2D eigenvalue weighted by molar-refractivity contribution is 0.194. The Morgan fingerprint density at radius 2 is 2.25 bits per heavy atom. The predicted molar refractivity (Wildman–Crippen MR) is 86.5 cm³/mol. The summed E-state index contributed by atoms with van der Waals surface area (Å²) in [5.74, 6) is 1.63. The summed E-state index contributed by atoms with van der Waals surface area (Å²) in [6.45, 7) is 10.1. The molecule has 0 spiro atoms. The van der Waals surface area contributed by atoms with Gasteiger partial charge in [0.05, 0.1) is 6.04 Å². The summed E-state index contributed by atoms with van der Waals surface area (Å²) in [5.41, 5.74) is 1.01. The Kier molecular flexibility index (Phi) is 5.32. The van der Waals surface area contributed by atoms with Gasteiger partial charge in [-0.05, 0) is 19.8 Å². The van der Waals surface area contributed by atoms with Crippen molar-refractivity contribution in [1.29, 1.82) is 0 Å². The first kappa shape index (κ1) is 15.6. The number of aromatic nitrogens is 1. The quantitative estimate of drug-likeness (QED) is 0.931. The normalized spacial score (nSPS) is 21.1. The van der Waals surface area contributed by atoms with Crippen molar-refractivity contribution in [2.24, 2.45) is 5.92 Å². The Morgan fingerprint density at radius 1 is 1.50 bits per heavy atom. The molecule has 1 aliphatic heterocycles. The molecule has 2 atom stereocenters. The third-order valence-electron chi connectivity index (χ3n) is 3.47. The van der Waals surface area contributed by atoms with E-state index < -0.39 is 0 Å². The molecule has 1 saturated heterocycles. The van der Waals surface area contributed by atoms with E-state index in [4.69, 9.17) is 0 Å². The van der Waals surface area contributed by atoms with Crippen molar-refractivity contribution in [2.45, 2.75) is 39.0 Å². The number of hydrogen-bond acceptors (Lipinski definition) is 4. The summed E-state index contributed by atoms with van der Waals surface area (Å²) < 4.78 is 0. The maximum absolute atomic E-state index is 12.3. The third-order valence-corrected chi connectivity index (χ3v) is 6.16. The minimum atomic E-state index is -0.0201. The lowest BCUT2D eigenvalue weighted by atomic mass is 10.1. The molecule has 0 unspecified atom stereocenters. The maximum atomic E-state index is 12.3. The summed E-state index contributed by atoms with van der Waals surface area (Å²) in [7, 11) is 0. The van der Waals surface area contributed by atoms with E-state index in [1.54, 1.807) is 11.3 Å². The van der Waals surface area contributed by atoms with Gasteiger partial charge in [0.1, 0.15) is 5.01 Å². The Hall–Kier alpha value is -0.750. The highest BCUT2D eigenvalue weighted by molar-refractivity contribution is 8.00. The molecule has 0 aliphatic carbocycles. The van der Waals surface area contributed by atoms with Crippen LogP contribution in [0.2, 0.25) is 0 Å². The van der Waals surface area contributed by atoms with Crippen LogP contribution < -0.4 is 5.32 Å². The fourth-order valence-corrected chi connectivity index (χ4v) is 4.28. The SMILES string of the molecule is Cc1csc([C@H](C)NC(=O)N2CCS[C@@H](C(C)C)C2)n1. The monoisotopic (exact) mass is 313 g/mol. The van der Waals surface area contributed by atoms with Crippen LogP contribution in [0.25, 0.3) is 0 Å². The van der Waals surface area contributed by atoms with E-state index in [2.05, 4.69) is 24.1 Å². The molecule has 112 valence electrons. The number of aryl methyl sites for hydroxylation is 1. The third kappa shape index (κ3) is 3.88. The van der Waals surface area contributed by atoms with Crippen LogP contribution in [-0.2, 0) is 0 Å². The van der Waals surface area contributed by atoms with Crippen molar-refractivity contribution in [2.75, 3.05) is 18.8 Å². The van der Waals surface area contributed by atoms with Gasteiger partial charge in [-0.1, -0.05) is 13.8 Å². The second-order valence-electron chi connectivity index (χ2n) is 5.60. The van der Waals surface area contributed by atoms with Crippen molar-refractivity contribution in [3.63, 3.8) is 0 Å². The number of nitrogens with one attached hydrogen (secondary N) is 1. The molecule has 20 heavy (non-hydrogen) atoms. The second kappa shape index (κ2) is 6.80. The Bertz CT molecular complexity index is 461. The Balaban J connectivity index is 1.91. The molecule has 1 aliphatic rings. The standard InChI is InChI=1S/C14H23N3OS2/c1-9(2)12-7-17(5-6-19-12)14(18)16-11(4)13-15-10(3)8-20-13/h8-9,11-12H,5-7H2,1-4H3,(H,16,18)/t11-,12+/m0/s1. The van der Waals surface area contributed by atoms with Crippen LogP contribution in [0.4, 0.5) is 4.79 Å². The summed E-state index contributed by atoms with van der Waals surface area (Å²) in [6.07, 6.45) is 0. The molecule has 4 nitrogen and oxygen atoms in total. The first-order chi connectivity index (χ1) is 9.47. The minimum absolute atomic E-state index is 0.0201. The molecule has 1 N–H and O–H groups in total. The molecule has 0 saturated carbocycles. The molecule has 2 amide bonds. The van der Waals surface area contributed by atoms with Crippen molar-refractivity contribution in [3.05, 3.63) is 16.1 Å². The molecule has 0 bridgehead atoms. The van der Waals surface area contributed by atoms with Gasteiger partial charge in [-0.2, -0.15) is 11.8 Å². The van der Waals surface area contributed by atoms with Gasteiger partial charge < -0.3 is 10.2 Å². The van der Waals surface area contributed by atoms with Crippen LogP contribution in [0, 0.1) is 12.8 Å². The van der Waals surface area contributed by atoms with Crippen LogP contribution >= 0.6 is 23.1 Å². The Labute approximate surface area is 129 Å². The van der Waals surface area contributed by atoms with Gasteiger partial charge in [0.25, 0.3) is 0 Å². The molecular formula is C14H23N3OS2. The minimum Gasteiger partial charge on any atom is -0.329 e. The fraction of sp³-hybridized carbons (Fsp3) is 0.714. The van der Waals surface area contributed by atoms with Gasteiger partial charge in [0, 0.05) is 35.2 Å². The number of nitrogens with zero attached hydrogens (tertiary/aromatic N) is 2. The number of carbonyl (C=O) groups is 1. The van der Waals surface area contributed by atoms with Crippen molar-refractivity contribution >= 4 is 29.1 Å². The van der Waals surface area contributed by atoms with Crippen molar-refractivity contribution in [3.8, 4) is 0 Å². The van der Waals surface area contributed by atoms with Gasteiger partial charge in [-0.3, -0.25) is 0 Å². The molecule has 2 heterocycles. The number of thioether (sulfide) groups is 1. The predicted octanol–water partition coefficient (Wildman–Crippen LogP) is 3.30. The number of urea groups is 1. The first-order valence-electron chi connectivity index (χ1n) is 7.06. The second-order valence-corrected chi connectivity index (χ2v) is 7.83. The van der Waals surface area contributed by atoms with Crippen LogP contribution in [0.15, 0.2) is 5.38 Å². The summed E-state index contributed by atoms with van der Waals surface area (Å²) >= 11 is 3.58. The molecule has 1 fully saturated rings. The molecule has 1 aromatic heterocycles. The van der Waals surface area contributed by atoms with E-state index in [0.29, 0.717) is 11.2 Å². The lowest BCUT2D eigenvalue weighted by Crippen LogP contribution is -2.48. The summed E-state index contributed by atoms with van der Waals surface area (Å²) in [4.78, 5) is 18.7. The zero-order chi connectivity index (χ0) is 14.7. The van der Waals surface area contributed by atoms with Gasteiger partial charge in [-0.15, -0.1) is 11.3 Å². The van der Waals surface area contributed by atoms with Crippen LogP contribution in [0.1, 0.15) is 37.5 Å². The van der Waals surface area contributed by atoms with Crippen LogP contribution in [0.3, 0.4) is 0 Å². The number of thiazole rings is 1. The fourth-order valence-electron chi connectivity index (χ4n) is 2.17. The average Bonchev–Trinajstić information content (AvgIpc) is 2.85. The molecule has 0 aromatic carbocycles. The topological polar surface area (TPSA) is 45.2 Å². The highest BCUT2D eigenvalue weighted by Crippen LogP contribution is 2.25. The average molecular weight is 313 g/mol. The molecular weight excluding hydrogens is 290 g/mol. The number of carbonyl (C=O) groups excluding carboxylic acids is 1. The van der Waals surface area contributed by atoms with Crippen LogP contribution in [-0.4, -0.2) is 40.0 Å². The van der Waals surface area contributed by atoms with Crippen molar-refractivity contribution < 1.29 is 4.79 Å². The Morgan fingerprint density at radius 3 is 2.85 bits per heavy atom. The van der Waals surface area contributed by atoms with E-state index in [1.165, 1.54) is 0 Å². The molecule has 0 radical (unpaired) electrons. The maximum Gasteiger partial charge on any atom is 0.318 e. The van der Waals surface area contributed by atoms with E-state index in [-0.39, 0.29) is 12.1 Å². The highest BCUT2D eigenvalue weighted by atomic mass is 32.2. The molecule has 1 aromatic rings. The highest BCUT2D eigenvalue weighted by Gasteiger charge is 2.27. The smallest absolute Gasteiger partial charge is 0.318 e. The number of hydrogen-bond donors (Lipinski definition) is 1. The van der Waals surface area contributed by atoms with E-state index in [9.17, 15) is 4.79 Å². The van der Waals surface area contributed by atoms with E-state index >= 15 is 0 Å². The van der Waals surface area contributed by atoms with Gasteiger partial charge in [0.15, 0.2) is 0 Å². The number of amides is 2. The van der Waals surface area contributed by atoms with E-state index in [0.717, 1.165) is 29.5 Å². The van der Waals surface area contributed by atoms with Crippen molar-refractivity contribution in [1.82, 2.24) is 15.2 Å². The van der Waals surface area contributed by atoms with Gasteiger partial charge in [0.2, 0.25) is 0 Å². The summed E-state index contributed by atoms with van der Waals surface area (Å²) in [6, 6.07) is 0.0181. The first-order valence-corrected chi connectivity index (χ1v) is 8.99. The van der Waals surface area contributed by atoms with Crippen LogP contribution in [0.5, 0.6) is 0 Å².